The van der Waals surface area contributed by atoms with Gasteiger partial charge in [0.05, 0.1) is 6.54 Å². The highest BCUT2D eigenvalue weighted by atomic mass is 32.1. The summed E-state index contributed by atoms with van der Waals surface area (Å²) in [6.07, 6.45) is 4.95. The number of nitrogens with zero attached hydrogens (tertiary/aromatic N) is 3. The molecule has 3 aromatic heterocycles. The van der Waals surface area contributed by atoms with Crippen LogP contribution < -0.4 is 0 Å². The molecule has 0 fully saturated rings. The van der Waals surface area contributed by atoms with Gasteiger partial charge in [-0.15, -0.1) is 22.7 Å². The van der Waals surface area contributed by atoms with Crippen LogP contribution in [0, 0.1) is 5.92 Å². The van der Waals surface area contributed by atoms with E-state index in [0.717, 1.165) is 17.6 Å². The Hall–Kier alpha value is -1.98. The first-order valence-corrected chi connectivity index (χ1v) is 11.5. The van der Waals surface area contributed by atoms with Crippen LogP contribution in [0.15, 0.2) is 47.2 Å². The summed E-state index contributed by atoms with van der Waals surface area (Å²) in [5, 5.41) is 14.1. The van der Waals surface area contributed by atoms with Gasteiger partial charge in [-0.05, 0) is 35.2 Å². The SMILES string of the molecule is CCCCC(CC)Cn1nc2c(-c3cccs3)ccc(-c3cccs3)c2n1. The van der Waals surface area contributed by atoms with Crippen molar-refractivity contribution in [1.82, 2.24) is 15.0 Å². The molecule has 0 aliphatic rings. The molecule has 1 aromatic carbocycles. The van der Waals surface area contributed by atoms with Crippen LogP contribution in [0.25, 0.3) is 31.9 Å². The van der Waals surface area contributed by atoms with Crippen molar-refractivity contribution in [3.63, 3.8) is 0 Å². The van der Waals surface area contributed by atoms with E-state index in [2.05, 4.69) is 61.0 Å². The Kier molecular flexibility index (Phi) is 5.69. The maximum absolute atomic E-state index is 4.95. The van der Waals surface area contributed by atoms with E-state index >= 15 is 0 Å². The standard InChI is InChI=1S/C22H25N3S2/c1-3-5-8-16(4-2)15-25-23-21-17(19-9-6-13-26-19)11-12-18(22(21)24-25)20-10-7-14-27-20/h6-7,9-14,16H,3-5,8,15H2,1-2H3. The zero-order valence-electron chi connectivity index (χ0n) is 15.9. The van der Waals surface area contributed by atoms with Crippen molar-refractivity contribution in [1.29, 1.82) is 0 Å². The molecule has 0 saturated carbocycles. The van der Waals surface area contributed by atoms with E-state index in [9.17, 15) is 0 Å². The van der Waals surface area contributed by atoms with Gasteiger partial charge in [-0.3, -0.25) is 0 Å². The molecule has 27 heavy (non-hydrogen) atoms. The molecule has 3 heterocycles. The largest absolute Gasteiger partial charge is 0.183 e. The zero-order chi connectivity index (χ0) is 18.6. The zero-order valence-corrected chi connectivity index (χ0v) is 17.5. The molecule has 1 atom stereocenters. The van der Waals surface area contributed by atoms with E-state index in [-0.39, 0.29) is 0 Å². The quantitative estimate of drug-likeness (QED) is 0.318. The van der Waals surface area contributed by atoms with Gasteiger partial charge >= 0.3 is 0 Å². The molecule has 1 unspecified atom stereocenters. The summed E-state index contributed by atoms with van der Waals surface area (Å²) in [6.45, 7) is 5.43. The molecule has 0 bridgehead atoms. The summed E-state index contributed by atoms with van der Waals surface area (Å²) in [6, 6.07) is 12.9. The molecule has 4 aromatic rings. The first-order chi connectivity index (χ1) is 13.3. The summed E-state index contributed by atoms with van der Waals surface area (Å²) in [5.41, 5.74) is 4.42. The molecule has 0 N–H and O–H groups in total. The average Bonchev–Trinajstić information content (AvgIpc) is 3.45. The first-order valence-electron chi connectivity index (χ1n) is 9.75. The third-order valence-electron chi connectivity index (χ3n) is 5.12. The molecule has 4 rings (SSSR count). The number of hydrogen-bond donors (Lipinski definition) is 0. The minimum absolute atomic E-state index is 0.641. The third kappa shape index (κ3) is 3.85. The first kappa shape index (κ1) is 18.4. The second kappa shape index (κ2) is 8.36. The van der Waals surface area contributed by atoms with Gasteiger partial charge < -0.3 is 0 Å². The molecular weight excluding hydrogens is 370 g/mol. The van der Waals surface area contributed by atoms with Gasteiger partial charge in [-0.2, -0.15) is 15.0 Å². The van der Waals surface area contributed by atoms with Crippen molar-refractivity contribution in [3.05, 3.63) is 47.2 Å². The maximum atomic E-state index is 4.95. The van der Waals surface area contributed by atoms with Gasteiger partial charge in [0, 0.05) is 20.9 Å². The van der Waals surface area contributed by atoms with Crippen LogP contribution in [0.4, 0.5) is 0 Å². The number of thiophene rings is 2. The topological polar surface area (TPSA) is 30.7 Å². The van der Waals surface area contributed by atoms with Gasteiger partial charge in [0.25, 0.3) is 0 Å². The fourth-order valence-corrected chi connectivity index (χ4v) is 5.03. The number of fused-ring (bicyclic) bond motifs is 1. The lowest BCUT2D eigenvalue weighted by atomic mass is 10.00. The Balaban J connectivity index is 1.78. The van der Waals surface area contributed by atoms with Gasteiger partial charge in [-0.1, -0.05) is 57.4 Å². The summed E-state index contributed by atoms with van der Waals surface area (Å²) in [4.78, 5) is 4.45. The number of rotatable bonds is 8. The summed E-state index contributed by atoms with van der Waals surface area (Å²) in [7, 11) is 0. The van der Waals surface area contributed by atoms with Crippen molar-refractivity contribution in [2.45, 2.75) is 46.1 Å². The van der Waals surface area contributed by atoms with Crippen LogP contribution in [-0.4, -0.2) is 15.0 Å². The molecular formula is C22H25N3S2. The highest BCUT2D eigenvalue weighted by Gasteiger charge is 2.17. The van der Waals surface area contributed by atoms with Gasteiger partial charge in [0.15, 0.2) is 0 Å². The molecule has 0 radical (unpaired) electrons. The van der Waals surface area contributed by atoms with Crippen molar-refractivity contribution in [2.75, 3.05) is 0 Å². The Labute approximate surface area is 168 Å². The molecule has 0 aliphatic heterocycles. The van der Waals surface area contributed by atoms with Crippen molar-refractivity contribution >= 4 is 33.7 Å². The fraction of sp³-hybridized carbons (Fsp3) is 0.364. The van der Waals surface area contributed by atoms with E-state index in [4.69, 9.17) is 10.2 Å². The molecule has 140 valence electrons. The van der Waals surface area contributed by atoms with E-state index in [1.165, 1.54) is 46.6 Å². The van der Waals surface area contributed by atoms with Crippen LogP contribution in [0.5, 0.6) is 0 Å². The number of aromatic nitrogens is 3. The predicted molar refractivity (Wildman–Crippen MR) is 117 cm³/mol. The Morgan fingerprint density at radius 3 is 1.93 bits per heavy atom. The number of benzene rings is 1. The molecule has 0 amide bonds. The average molecular weight is 396 g/mol. The minimum Gasteiger partial charge on any atom is -0.183 e. The third-order valence-corrected chi connectivity index (χ3v) is 6.93. The van der Waals surface area contributed by atoms with Crippen LogP contribution in [-0.2, 0) is 6.54 Å². The van der Waals surface area contributed by atoms with Gasteiger partial charge in [0.2, 0.25) is 0 Å². The minimum atomic E-state index is 0.641. The second-order valence-corrected chi connectivity index (χ2v) is 8.88. The predicted octanol–water partition coefficient (Wildman–Crippen LogP) is 7.10. The normalized spacial score (nSPS) is 12.7. The van der Waals surface area contributed by atoms with Gasteiger partial charge in [0.1, 0.15) is 11.0 Å². The Morgan fingerprint density at radius 1 is 0.889 bits per heavy atom. The van der Waals surface area contributed by atoms with Gasteiger partial charge in [-0.25, -0.2) is 0 Å². The summed E-state index contributed by atoms with van der Waals surface area (Å²) < 4.78 is 0. The molecule has 3 nitrogen and oxygen atoms in total. The molecule has 5 heteroatoms. The van der Waals surface area contributed by atoms with Crippen LogP contribution in [0.2, 0.25) is 0 Å². The summed E-state index contributed by atoms with van der Waals surface area (Å²) >= 11 is 3.52. The summed E-state index contributed by atoms with van der Waals surface area (Å²) in [5.74, 6) is 0.641. The molecule has 0 saturated heterocycles. The fourth-order valence-electron chi connectivity index (χ4n) is 3.53. The van der Waals surface area contributed by atoms with Crippen molar-refractivity contribution in [2.24, 2.45) is 5.92 Å². The Morgan fingerprint density at radius 2 is 1.48 bits per heavy atom. The number of hydrogen-bond acceptors (Lipinski definition) is 4. The van der Waals surface area contributed by atoms with Crippen LogP contribution >= 0.6 is 22.7 Å². The Bertz CT molecular complexity index is 913. The molecule has 0 aliphatic carbocycles. The van der Waals surface area contributed by atoms with Crippen molar-refractivity contribution in [3.8, 4) is 20.9 Å². The second-order valence-electron chi connectivity index (χ2n) is 6.98. The monoisotopic (exact) mass is 395 g/mol. The van der Waals surface area contributed by atoms with E-state index in [1.807, 2.05) is 4.80 Å². The van der Waals surface area contributed by atoms with E-state index in [0.29, 0.717) is 5.92 Å². The highest BCUT2D eigenvalue weighted by molar-refractivity contribution is 7.14. The van der Waals surface area contributed by atoms with E-state index in [1.54, 1.807) is 22.7 Å². The molecule has 0 spiro atoms. The lowest BCUT2D eigenvalue weighted by molar-refractivity contribution is 0.351. The lowest BCUT2D eigenvalue weighted by Crippen LogP contribution is -2.12. The number of unbranched alkanes of at least 4 members (excludes halogenated alkanes) is 1. The maximum Gasteiger partial charge on any atom is 0.122 e. The smallest absolute Gasteiger partial charge is 0.122 e. The highest BCUT2D eigenvalue weighted by Crippen LogP contribution is 2.37. The van der Waals surface area contributed by atoms with Crippen LogP contribution in [0.1, 0.15) is 39.5 Å². The van der Waals surface area contributed by atoms with Crippen molar-refractivity contribution < 1.29 is 0 Å². The lowest BCUT2D eigenvalue weighted by Gasteiger charge is -2.12. The van der Waals surface area contributed by atoms with E-state index < -0.39 is 0 Å². The van der Waals surface area contributed by atoms with Crippen LogP contribution in [0.3, 0.4) is 0 Å².